The van der Waals surface area contributed by atoms with Crippen molar-refractivity contribution < 1.29 is 19.1 Å². The molecule has 10 nitrogen and oxygen atoms in total. The summed E-state index contributed by atoms with van der Waals surface area (Å²) in [7, 11) is 3.94. The second-order valence-electron chi connectivity index (χ2n) is 11.6. The van der Waals surface area contributed by atoms with E-state index < -0.39 is 5.60 Å². The fourth-order valence-electron chi connectivity index (χ4n) is 4.66. The summed E-state index contributed by atoms with van der Waals surface area (Å²) >= 11 is 0. The zero-order valence-corrected chi connectivity index (χ0v) is 24.3. The highest BCUT2D eigenvalue weighted by atomic mass is 16.5. The number of anilines is 2. The number of amides is 3. The molecular weight excluding hydrogens is 496 g/mol. The van der Waals surface area contributed by atoms with E-state index in [0.717, 1.165) is 11.3 Å². The minimum Gasteiger partial charge on any atom is -0.378 e. The van der Waals surface area contributed by atoms with Crippen LogP contribution in [0.3, 0.4) is 0 Å². The van der Waals surface area contributed by atoms with Crippen molar-refractivity contribution in [2.75, 3.05) is 63.7 Å². The first-order valence-electron chi connectivity index (χ1n) is 13.4. The van der Waals surface area contributed by atoms with Gasteiger partial charge >= 0.3 is 6.03 Å². The van der Waals surface area contributed by atoms with Crippen LogP contribution in [0.5, 0.6) is 0 Å². The molecule has 3 N–H and O–H groups in total. The molecule has 1 aliphatic rings. The fraction of sp³-hybridized carbons (Fsp3) is 0.552. The third kappa shape index (κ3) is 9.49. The number of nitrogens with one attached hydrogen (secondary N) is 3. The van der Waals surface area contributed by atoms with E-state index in [4.69, 9.17) is 9.47 Å². The van der Waals surface area contributed by atoms with Crippen molar-refractivity contribution in [2.45, 2.75) is 51.9 Å². The molecule has 0 spiro atoms. The lowest BCUT2D eigenvalue weighted by Gasteiger charge is -2.34. The Balaban J connectivity index is 1.74. The van der Waals surface area contributed by atoms with Gasteiger partial charge in [-0.25, -0.2) is 4.79 Å². The van der Waals surface area contributed by atoms with Gasteiger partial charge in [-0.2, -0.15) is 0 Å². The molecule has 214 valence electrons. The first-order valence-corrected chi connectivity index (χ1v) is 13.4. The van der Waals surface area contributed by atoms with Gasteiger partial charge in [0.25, 0.3) is 5.91 Å². The van der Waals surface area contributed by atoms with E-state index in [1.165, 1.54) is 0 Å². The number of morpholine rings is 1. The summed E-state index contributed by atoms with van der Waals surface area (Å²) in [5.74, 6) is -0.233. The Hall–Kier alpha value is -3.21. The lowest BCUT2D eigenvalue weighted by Crippen LogP contribution is -2.44. The minimum absolute atomic E-state index is 0.0201. The Bertz CT molecular complexity index is 1090. The van der Waals surface area contributed by atoms with Gasteiger partial charge in [0.15, 0.2) is 0 Å². The number of hydrogen-bond acceptors (Lipinski definition) is 7. The van der Waals surface area contributed by atoms with E-state index in [1.54, 1.807) is 24.5 Å². The molecule has 0 aliphatic carbocycles. The predicted molar refractivity (Wildman–Crippen MR) is 154 cm³/mol. The smallest absolute Gasteiger partial charge is 0.319 e. The van der Waals surface area contributed by atoms with E-state index in [9.17, 15) is 9.59 Å². The van der Waals surface area contributed by atoms with Gasteiger partial charge in [0.2, 0.25) is 0 Å². The van der Waals surface area contributed by atoms with Crippen molar-refractivity contribution in [3.63, 3.8) is 0 Å². The number of pyridine rings is 1. The quantitative estimate of drug-likeness (QED) is 0.422. The number of benzene rings is 1. The molecule has 1 atom stereocenters. The van der Waals surface area contributed by atoms with Crippen molar-refractivity contribution in [3.05, 3.63) is 53.9 Å². The number of nitrogens with zero attached hydrogens (tertiary/aromatic N) is 3. The summed E-state index contributed by atoms with van der Waals surface area (Å²) in [5, 5.41) is 8.94. The molecule has 3 rings (SSSR count). The van der Waals surface area contributed by atoms with E-state index in [-0.39, 0.29) is 23.6 Å². The largest absolute Gasteiger partial charge is 0.378 e. The van der Waals surface area contributed by atoms with Gasteiger partial charge < -0.3 is 35.2 Å². The van der Waals surface area contributed by atoms with Crippen LogP contribution < -0.4 is 20.9 Å². The van der Waals surface area contributed by atoms with E-state index in [0.29, 0.717) is 50.6 Å². The van der Waals surface area contributed by atoms with Gasteiger partial charge in [-0.3, -0.25) is 9.78 Å². The number of urea groups is 1. The highest BCUT2D eigenvalue weighted by Gasteiger charge is 2.27. The summed E-state index contributed by atoms with van der Waals surface area (Å²) in [6.45, 7) is 13.2. The summed E-state index contributed by atoms with van der Waals surface area (Å²) in [6, 6.07) is 8.91. The van der Waals surface area contributed by atoms with Crippen molar-refractivity contribution in [1.82, 2.24) is 20.5 Å². The number of carbonyl (C=O) groups excluding carboxylic acids is 2. The van der Waals surface area contributed by atoms with Crippen molar-refractivity contribution in [3.8, 4) is 0 Å². The Morgan fingerprint density at radius 3 is 2.33 bits per heavy atom. The molecule has 1 saturated heterocycles. The Morgan fingerprint density at radius 1 is 1.05 bits per heavy atom. The summed E-state index contributed by atoms with van der Waals surface area (Å²) in [5.41, 5.74) is 2.05. The average Bonchev–Trinajstić information content (AvgIpc) is 2.87. The molecule has 1 aromatic carbocycles. The molecule has 39 heavy (non-hydrogen) atoms. The van der Waals surface area contributed by atoms with Gasteiger partial charge in [-0.15, -0.1) is 0 Å². The Labute approximate surface area is 232 Å². The zero-order valence-electron chi connectivity index (χ0n) is 24.3. The van der Waals surface area contributed by atoms with Crippen molar-refractivity contribution in [1.29, 1.82) is 0 Å². The number of carbonyl (C=O) groups is 2. The van der Waals surface area contributed by atoms with Gasteiger partial charge in [-0.05, 0) is 84.6 Å². The van der Waals surface area contributed by atoms with Crippen LogP contribution in [0.4, 0.5) is 16.2 Å². The van der Waals surface area contributed by atoms with Crippen LogP contribution in [0.2, 0.25) is 0 Å². The van der Waals surface area contributed by atoms with Gasteiger partial charge in [-0.1, -0.05) is 0 Å². The zero-order chi connectivity index (χ0) is 28.6. The molecule has 1 fully saturated rings. The standard InChI is InChI=1S/C29H44N6O4/c1-28(2,3)39-29(4,5)20-32-26(36)22-8-9-24(35-14-16-38-17-15-35)23(18-22)33-27(37)31-19-25(34(6)7)21-10-12-30-13-11-21/h8-13,18,25H,14-17,19-20H2,1-7H3,(H,32,36)(H2,31,33,37). The van der Waals surface area contributed by atoms with Crippen LogP contribution in [-0.2, 0) is 9.47 Å². The number of ether oxygens (including phenoxy) is 2. The second-order valence-corrected chi connectivity index (χ2v) is 11.6. The molecular formula is C29H44N6O4. The highest BCUT2D eigenvalue weighted by molar-refractivity contribution is 5.99. The average molecular weight is 541 g/mol. The minimum atomic E-state index is -0.541. The maximum absolute atomic E-state index is 13.1. The van der Waals surface area contributed by atoms with Crippen LogP contribution in [0.1, 0.15) is 56.6 Å². The third-order valence-electron chi connectivity index (χ3n) is 6.29. The van der Waals surface area contributed by atoms with Crippen LogP contribution >= 0.6 is 0 Å². The molecule has 3 amide bonds. The monoisotopic (exact) mass is 540 g/mol. The normalized spacial score (nSPS) is 15.1. The lowest BCUT2D eigenvalue weighted by atomic mass is 10.1. The molecule has 2 heterocycles. The first kappa shape index (κ1) is 30.3. The van der Waals surface area contributed by atoms with Crippen LogP contribution in [-0.4, -0.2) is 86.5 Å². The van der Waals surface area contributed by atoms with Gasteiger partial charge in [0, 0.05) is 44.1 Å². The number of aromatic nitrogens is 1. The van der Waals surface area contributed by atoms with Gasteiger partial charge in [0.05, 0.1) is 41.8 Å². The molecule has 0 bridgehead atoms. The van der Waals surface area contributed by atoms with E-state index >= 15 is 0 Å². The Morgan fingerprint density at radius 2 is 1.72 bits per heavy atom. The number of rotatable bonds is 10. The summed E-state index contributed by atoms with van der Waals surface area (Å²) in [4.78, 5) is 34.4. The van der Waals surface area contributed by atoms with Crippen LogP contribution in [0.25, 0.3) is 0 Å². The molecule has 2 aromatic rings. The van der Waals surface area contributed by atoms with Crippen LogP contribution in [0, 0.1) is 0 Å². The van der Waals surface area contributed by atoms with E-state index in [1.807, 2.05) is 71.8 Å². The number of hydrogen-bond donors (Lipinski definition) is 3. The predicted octanol–water partition coefficient (Wildman–Crippen LogP) is 3.67. The molecule has 1 unspecified atom stereocenters. The fourth-order valence-corrected chi connectivity index (χ4v) is 4.66. The SMILES string of the molecule is CN(C)C(CNC(=O)Nc1cc(C(=O)NCC(C)(C)OC(C)(C)C)ccc1N1CCOCC1)c1ccncc1. The maximum Gasteiger partial charge on any atom is 0.319 e. The topological polar surface area (TPSA) is 108 Å². The molecule has 0 radical (unpaired) electrons. The molecule has 0 saturated carbocycles. The van der Waals surface area contributed by atoms with Crippen molar-refractivity contribution in [2.24, 2.45) is 0 Å². The number of likely N-dealkylation sites (N-methyl/N-ethyl adjacent to an activating group) is 1. The Kier molecular flexibility index (Phi) is 10.3. The lowest BCUT2D eigenvalue weighted by molar-refractivity contribution is -0.109. The summed E-state index contributed by atoms with van der Waals surface area (Å²) < 4.78 is 11.6. The highest BCUT2D eigenvalue weighted by Crippen LogP contribution is 2.28. The van der Waals surface area contributed by atoms with Crippen molar-refractivity contribution >= 4 is 23.3 Å². The van der Waals surface area contributed by atoms with Gasteiger partial charge in [0.1, 0.15) is 0 Å². The summed E-state index contributed by atoms with van der Waals surface area (Å²) in [6.07, 6.45) is 3.49. The van der Waals surface area contributed by atoms with E-state index in [2.05, 4.69) is 25.8 Å². The second kappa shape index (κ2) is 13.2. The first-order chi connectivity index (χ1) is 18.3. The van der Waals surface area contributed by atoms with Crippen LogP contribution in [0.15, 0.2) is 42.7 Å². The molecule has 10 heteroatoms. The third-order valence-corrected chi connectivity index (χ3v) is 6.29. The molecule has 1 aromatic heterocycles. The molecule has 1 aliphatic heterocycles. The maximum atomic E-state index is 13.1.